The van der Waals surface area contributed by atoms with Gasteiger partial charge in [0.2, 0.25) is 0 Å². The summed E-state index contributed by atoms with van der Waals surface area (Å²) in [7, 11) is 1.52. The van der Waals surface area contributed by atoms with Gasteiger partial charge in [0.1, 0.15) is 11.6 Å². The van der Waals surface area contributed by atoms with E-state index in [1.165, 1.54) is 7.11 Å². The van der Waals surface area contributed by atoms with Crippen molar-refractivity contribution in [3.05, 3.63) is 82.7 Å². The summed E-state index contributed by atoms with van der Waals surface area (Å²) in [5, 5.41) is 20.5. The third-order valence-corrected chi connectivity index (χ3v) is 4.86. The number of pyridine rings is 1. The van der Waals surface area contributed by atoms with Crippen molar-refractivity contribution in [2.45, 2.75) is 20.1 Å². The third-order valence-electron chi connectivity index (χ3n) is 4.86. The molecule has 1 amide bonds. The minimum absolute atomic E-state index is 0.112. The first-order chi connectivity index (χ1) is 14.5. The van der Waals surface area contributed by atoms with Gasteiger partial charge in [-0.25, -0.2) is 0 Å². The number of nitrogens with zero attached hydrogens (tertiary/aromatic N) is 1. The number of nitrogens with one attached hydrogen (secondary N) is 2. The highest BCUT2D eigenvalue weighted by Gasteiger charge is 2.16. The van der Waals surface area contributed by atoms with E-state index in [1.807, 2.05) is 30.3 Å². The Bertz CT molecular complexity index is 1080. The molecule has 0 saturated carbocycles. The van der Waals surface area contributed by atoms with Crippen molar-refractivity contribution in [2.24, 2.45) is 5.73 Å². The lowest BCUT2D eigenvalue weighted by Gasteiger charge is -2.15. The van der Waals surface area contributed by atoms with Crippen LogP contribution >= 0.6 is 0 Å². The fraction of sp³-hybridized carbons (Fsp3) is 0.174. The Morgan fingerprint density at radius 3 is 2.60 bits per heavy atom. The molecule has 0 spiro atoms. The number of hydrogen-bond acceptors (Lipinski definition) is 5. The normalized spacial score (nSPS) is 10.5. The molecular weight excluding hydrogens is 380 g/mol. The van der Waals surface area contributed by atoms with E-state index in [2.05, 4.69) is 10.3 Å². The van der Waals surface area contributed by atoms with Crippen LogP contribution in [0.3, 0.4) is 0 Å². The van der Waals surface area contributed by atoms with Gasteiger partial charge < -0.3 is 20.9 Å². The van der Waals surface area contributed by atoms with Crippen LogP contribution in [-0.4, -0.2) is 28.9 Å². The van der Waals surface area contributed by atoms with Gasteiger partial charge in [0.25, 0.3) is 5.91 Å². The number of ether oxygens (including phenoxy) is 1. The van der Waals surface area contributed by atoms with Gasteiger partial charge in [-0.05, 0) is 35.7 Å². The van der Waals surface area contributed by atoms with Crippen molar-refractivity contribution in [1.29, 1.82) is 5.41 Å². The van der Waals surface area contributed by atoms with Gasteiger partial charge in [0.15, 0.2) is 0 Å². The second kappa shape index (κ2) is 9.19. The highest BCUT2D eigenvalue weighted by Crippen LogP contribution is 2.26. The predicted molar refractivity (Wildman–Crippen MR) is 116 cm³/mol. The molecule has 154 valence electrons. The van der Waals surface area contributed by atoms with Crippen LogP contribution in [0.1, 0.15) is 32.7 Å². The Kier molecular flexibility index (Phi) is 6.44. The molecule has 0 fully saturated rings. The molecule has 7 nitrogen and oxygen atoms in total. The van der Waals surface area contributed by atoms with E-state index in [1.54, 1.807) is 31.3 Å². The zero-order valence-electron chi connectivity index (χ0n) is 16.9. The number of benzene rings is 2. The molecule has 2 aromatic carbocycles. The van der Waals surface area contributed by atoms with Gasteiger partial charge in [-0.3, -0.25) is 15.2 Å². The molecule has 3 aromatic rings. The van der Waals surface area contributed by atoms with Crippen LogP contribution in [-0.2, 0) is 13.2 Å². The smallest absolute Gasteiger partial charge is 0.251 e. The number of hydrogen-bond donors (Lipinski definition) is 4. The molecule has 5 N–H and O–H groups in total. The zero-order chi connectivity index (χ0) is 21.7. The number of amides is 1. The second-order valence-corrected chi connectivity index (χ2v) is 6.76. The molecule has 1 aromatic heterocycles. The molecular formula is C23H24N4O3. The number of nitrogens with two attached hydrogens (primary N) is 1. The Labute approximate surface area is 175 Å². The lowest BCUT2D eigenvalue weighted by atomic mass is 9.96. The summed E-state index contributed by atoms with van der Waals surface area (Å²) in [6.07, 6.45) is 1.61. The first-order valence-corrected chi connectivity index (χ1v) is 9.40. The standard InChI is InChI=1S/C23H24N4O3/c1-14-21(30-2)20(13-28)17(11-26-14)12-27-23(29)16-8-9-18(19(10-16)22(24)25)15-6-4-3-5-7-15/h3-11,28H,12-13H2,1-2H3,(H3,24,25)(H,27,29). The van der Waals surface area contributed by atoms with Gasteiger partial charge in [0, 0.05) is 29.4 Å². The number of rotatable bonds is 7. The van der Waals surface area contributed by atoms with Crippen LogP contribution < -0.4 is 15.8 Å². The van der Waals surface area contributed by atoms with Gasteiger partial charge in [0.05, 0.1) is 19.4 Å². The van der Waals surface area contributed by atoms with Crippen molar-refractivity contribution in [2.75, 3.05) is 7.11 Å². The van der Waals surface area contributed by atoms with Gasteiger partial charge >= 0.3 is 0 Å². The predicted octanol–water partition coefficient (Wildman–Crippen LogP) is 2.77. The number of methoxy groups -OCH3 is 1. The molecule has 1 heterocycles. The third kappa shape index (κ3) is 4.31. The maximum Gasteiger partial charge on any atom is 0.251 e. The molecule has 0 radical (unpaired) electrons. The number of carbonyl (C=O) groups is 1. The number of aliphatic hydroxyl groups is 1. The van der Waals surface area contributed by atoms with Crippen LogP contribution in [0.2, 0.25) is 0 Å². The molecule has 0 bridgehead atoms. The second-order valence-electron chi connectivity index (χ2n) is 6.76. The van der Waals surface area contributed by atoms with Crippen LogP contribution in [0.4, 0.5) is 0 Å². The Balaban J connectivity index is 1.85. The molecule has 7 heteroatoms. The molecule has 0 atom stereocenters. The fourth-order valence-electron chi connectivity index (χ4n) is 3.33. The monoisotopic (exact) mass is 404 g/mol. The van der Waals surface area contributed by atoms with E-state index in [0.717, 1.165) is 11.1 Å². The number of amidine groups is 1. The number of aromatic nitrogens is 1. The summed E-state index contributed by atoms with van der Waals surface area (Å²) in [4.78, 5) is 17.0. The molecule has 30 heavy (non-hydrogen) atoms. The van der Waals surface area contributed by atoms with E-state index in [0.29, 0.717) is 33.7 Å². The summed E-state index contributed by atoms with van der Waals surface area (Å²) in [5.41, 5.74) is 10.3. The number of aliphatic hydroxyl groups excluding tert-OH is 1. The van der Waals surface area contributed by atoms with Crippen LogP contribution in [0, 0.1) is 12.3 Å². The molecule has 0 aliphatic carbocycles. The average Bonchev–Trinajstić information content (AvgIpc) is 2.77. The number of nitrogen functional groups attached to an aromatic ring is 1. The summed E-state index contributed by atoms with van der Waals surface area (Å²) < 4.78 is 5.32. The van der Waals surface area contributed by atoms with Crippen molar-refractivity contribution in [3.8, 4) is 16.9 Å². The summed E-state index contributed by atoms with van der Waals surface area (Å²) in [6, 6.07) is 14.7. The van der Waals surface area contributed by atoms with E-state index < -0.39 is 0 Å². The molecule has 3 rings (SSSR count). The highest BCUT2D eigenvalue weighted by molar-refractivity contribution is 6.04. The fourth-order valence-corrected chi connectivity index (χ4v) is 3.33. The highest BCUT2D eigenvalue weighted by atomic mass is 16.5. The number of carbonyl (C=O) groups excluding carboxylic acids is 1. The van der Waals surface area contributed by atoms with E-state index in [-0.39, 0.29) is 24.9 Å². The topological polar surface area (TPSA) is 121 Å². The lowest BCUT2D eigenvalue weighted by Crippen LogP contribution is -2.24. The maximum atomic E-state index is 12.7. The largest absolute Gasteiger partial charge is 0.494 e. The summed E-state index contributed by atoms with van der Waals surface area (Å²) in [6.45, 7) is 1.74. The molecule has 0 saturated heterocycles. The van der Waals surface area contributed by atoms with Gasteiger partial charge in [-0.2, -0.15) is 0 Å². The lowest BCUT2D eigenvalue weighted by molar-refractivity contribution is 0.0950. The first kappa shape index (κ1) is 21.0. The quantitative estimate of drug-likeness (QED) is 0.356. The average molecular weight is 404 g/mol. The minimum Gasteiger partial charge on any atom is -0.494 e. The van der Waals surface area contributed by atoms with Gasteiger partial charge in [-0.1, -0.05) is 36.4 Å². The Hall–Kier alpha value is -3.71. The van der Waals surface area contributed by atoms with Crippen molar-refractivity contribution >= 4 is 11.7 Å². The van der Waals surface area contributed by atoms with Crippen LogP contribution in [0.25, 0.3) is 11.1 Å². The van der Waals surface area contributed by atoms with Crippen molar-refractivity contribution in [3.63, 3.8) is 0 Å². The molecule has 0 aliphatic heterocycles. The summed E-state index contributed by atoms with van der Waals surface area (Å²) in [5.74, 6) is 0.0782. The SMILES string of the molecule is COc1c(C)ncc(CNC(=O)c2ccc(-c3ccccc3)c(C(=N)N)c2)c1CO. The van der Waals surface area contributed by atoms with Crippen molar-refractivity contribution in [1.82, 2.24) is 10.3 Å². The maximum absolute atomic E-state index is 12.7. The van der Waals surface area contributed by atoms with Crippen LogP contribution in [0.15, 0.2) is 54.7 Å². The number of aryl methyl sites for hydroxylation is 1. The zero-order valence-corrected chi connectivity index (χ0v) is 16.9. The Morgan fingerprint density at radius 2 is 1.97 bits per heavy atom. The van der Waals surface area contributed by atoms with Crippen molar-refractivity contribution < 1.29 is 14.6 Å². The summed E-state index contributed by atoms with van der Waals surface area (Å²) >= 11 is 0. The van der Waals surface area contributed by atoms with E-state index in [4.69, 9.17) is 15.9 Å². The van der Waals surface area contributed by atoms with Gasteiger partial charge in [-0.15, -0.1) is 0 Å². The molecule has 0 aliphatic rings. The minimum atomic E-state index is -0.319. The van der Waals surface area contributed by atoms with E-state index in [9.17, 15) is 9.90 Å². The van der Waals surface area contributed by atoms with Crippen LogP contribution in [0.5, 0.6) is 5.75 Å². The molecule has 0 unspecified atom stereocenters. The van der Waals surface area contributed by atoms with E-state index >= 15 is 0 Å². The first-order valence-electron chi connectivity index (χ1n) is 9.40. The Morgan fingerprint density at radius 1 is 1.23 bits per heavy atom.